The lowest BCUT2D eigenvalue weighted by Crippen LogP contribution is -2.49. The molecule has 1 atom stereocenters. The van der Waals surface area contributed by atoms with Crippen LogP contribution in [0, 0.1) is 0 Å². The molecule has 5 rings (SSSR count). The number of aliphatic imine (C=N–C) groups is 2. The molecule has 11 nitrogen and oxygen atoms in total. The fourth-order valence-corrected chi connectivity index (χ4v) is 3.73. The van der Waals surface area contributed by atoms with Crippen molar-refractivity contribution in [1.29, 1.82) is 0 Å². The Hall–Kier alpha value is -4.45. The van der Waals surface area contributed by atoms with E-state index in [1.807, 2.05) is 29.2 Å². The second-order valence-electron chi connectivity index (χ2n) is 8.04. The third-order valence-corrected chi connectivity index (χ3v) is 5.59. The first-order chi connectivity index (χ1) is 17.7. The minimum absolute atomic E-state index is 0.0624. The summed E-state index contributed by atoms with van der Waals surface area (Å²) in [5.74, 6) is -0.0320. The Morgan fingerprint density at radius 1 is 0.972 bits per heavy atom. The second kappa shape index (κ2) is 10.9. The summed E-state index contributed by atoms with van der Waals surface area (Å²) >= 11 is 0. The van der Waals surface area contributed by atoms with Crippen molar-refractivity contribution >= 4 is 29.1 Å². The first kappa shape index (κ1) is 23.3. The molecule has 0 spiro atoms. The maximum absolute atomic E-state index is 14.3. The van der Waals surface area contributed by atoms with Gasteiger partial charge in [-0.25, -0.2) is 24.3 Å². The smallest absolute Gasteiger partial charge is 0.288 e. The molecule has 0 saturated carbocycles. The number of amides is 1. The van der Waals surface area contributed by atoms with Crippen LogP contribution in [0.1, 0.15) is 10.5 Å². The first-order valence-electron chi connectivity index (χ1n) is 11.4. The zero-order valence-electron chi connectivity index (χ0n) is 19.3. The molecule has 1 saturated heterocycles. The highest BCUT2D eigenvalue weighted by Crippen LogP contribution is 2.22. The molecule has 0 radical (unpaired) electrons. The van der Waals surface area contributed by atoms with Crippen LogP contribution in [-0.4, -0.2) is 76.6 Å². The summed E-state index contributed by atoms with van der Waals surface area (Å²) in [6.45, 7) is 2.11. The molecule has 184 valence electrons. The summed E-state index contributed by atoms with van der Waals surface area (Å²) in [7, 11) is 0. The molecule has 2 aliphatic rings. The molecule has 4 heterocycles. The van der Waals surface area contributed by atoms with Gasteiger partial charge in [0.05, 0.1) is 31.6 Å². The van der Waals surface area contributed by atoms with Crippen molar-refractivity contribution in [1.82, 2.24) is 30.7 Å². The van der Waals surface area contributed by atoms with Crippen molar-refractivity contribution in [3.63, 3.8) is 0 Å². The van der Waals surface area contributed by atoms with Gasteiger partial charge in [-0.2, -0.15) is 4.99 Å². The summed E-state index contributed by atoms with van der Waals surface area (Å²) in [6.07, 6.45) is 5.29. The summed E-state index contributed by atoms with van der Waals surface area (Å²) in [5.41, 5.74) is 8.89. The molecule has 0 bridgehead atoms. The van der Waals surface area contributed by atoms with Gasteiger partial charge in [-0.1, -0.05) is 12.1 Å². The van der Waals surface area contributed by atoms with E-state index in [9.17, 15) is 9.18 Å². The van der Waals surface area contributed by atoms with Crippen molar-refractivity contribution in [3.05, 3.63) is 67.0 Å². The Morgan fingerprint density at radius 2 is 1.72 bits per heavy atom. The normalized spacial score (nSPS) is 17.6. The summed E-state index contributed by atoms with van der Waals surface area (Å²) in [5, 5.41) is 3.25. The van der Waals surface area contributed by atoms with E-state index in [4.69, 9.17) is 4.74 Å². The summed E-state index contributed by atoms with van der Waals surface area (Å²) in [6, 6.07) is 11.2. The molecule has 3 N–H and O–H groups in total. The second-order valence-corrected chi connectivity index (χ2v) is 8.04. The van der Waals surface area contributed by atoms with Crippen LogP contribution in [0.15, 0.2) is 71.3 Å². The molecule has 12 heteroatoms. The number of rotatable bonds is 4. The van der Waals surface area contributed by atoms with Crippen LogP contribution in [0.5, 0.6) is 0 Å². The number of nitrogens with one attached hydrogen (secondary N) is 3. The predicted octanol–water partition coefficient (Wildman–Crippen LogP) is 1.95. The number of carbonyl (C=O) groups is 1. The molecule has 1 aromatic carbocycles. The van der Waals surface area contributed by atoms with Crippen molar-refractivity contribution in [2.75, 3.05) is 38.2 Å². The van der Waals surface area contributed by atoms with Gasteiger partial charge in [0.1, 0.15) is 17.9 Å². The van der Waals surface area contributed by atoms with E-state index >= 15 is 0 Å². The molecule has 1 amide bonds. The number of alkyl halides is 1. The van der Waals surface area contributed by atoms with Crippen LogP contribution in [-0.2, 0) is 4.74 Å². The summed E-state index contributed by atoms with van der Waals surface area (Å²) < 4.78 is 19.6. The van der Waals surface area contributed by atoms with Crippen molar-refractivity contribution in [3.8, 4) is 11.1 Å². The molecule has 0 aliphatic carbocycles. The number of hydrogen-bond donors (Lipinski definition) is 3. The zero-order valence-corrected chi connectivity index (χ0v) is 19.3. The lowest BCUT2D eigenvalue weighted by molar-refractivity contribution is 0.0651. The highest BCUT2D eigenvalue weighted by Gasteiger charge is 2.27. The molecular weight excluding hydrogens is 465 g/mol. The number of benzene rings is 1. The number of guanidine groups is 1. The average Bonchev–Trinajstić information content (AvgIpc) is 2.94. The van der Waals surface area contributed by atoms with E-state index in [-0.39, 0.29) is 18.2 Å². The SMILES string of the molecule is O=C(NNC1=NCC(F)C(N2CCOCC2)=N1)c1ccc(Nc2ccc(-c3cncnc3)cc2)cn1. The first-order valence-corrected chi connectivity index (χ1v) is 11.4. The predicted molar refractivity (Wildman–Crippen MR) is 133 cm³/mol. The van der Waals surface area contributed by atoms with Gasteiger partial charge < -0.3 is 15.0 Å². The van der Waals surface area contributed by atoms with E-state index in [0.717, 1.165) is 22.5 Å². The average molecular weight is 490 g/mol. The Morgan fingerprint density at radius 3 is 2.44 bits per heavy atom. The Bertz CT molecular complexity index is 1240. The third-order valence-electron chi connectivity index (χ3n) is 5.59. The largest absolute Gasteiger partial charge is 0.378 e. The minimum atomic E-state index is -1.28. The lowest BCUT2D eigenvalue weighted by Gasteiger charge is -2.32. The Balaban J connectivity index is 1.15. The van der Waals surface area contributed by atoms with E-state index in [2.05, 4.69) is 41.1 Å². The van der Waals surface area contributed by atoms with Gasteiger partial charge in [0, 0.05) is 36.7 Å². The monoisotopic (exact) mass is 489 g/mol. The number of carbonyl (C=O) groups excluding carboxylic acids is 1. The van der Waals surface area contributed by atoms with Gasteiger partial charge in [0.15, 0.2) is 6.17 Å². The van der Waals surface area contributed by atoms with Gasteiger partial charge in [-0.05, 0) is 29.8 Å². The highest BCUT2D eigenvalue weighted by atomic mass is 19.1. The number of halogens is 1. The molecule has 36 heavy (non-hydrogen) atoms. The highest BCUT2D eigenvalue weighted by molar-refractivity contribution is 6.01. The van der Waals surface area contributed by atoms with Gasteiger partial charge in [0.25, 0.3) is 5.91 Å². The van der Waals surface area contributed by atoms with E-state index < -0.39 is 12.1 Å². The van der Waals surface area contributed by atoms with Crippen LogP contribution < -0.4 is 16.2 Å². The van der Waals surface area contributed by atoms with Gasteiger partial charge in [-0.15, -0.1) is 0 Å². The van der Waals surface area contributed by atoms with E-state index in [1.54, 1.807) is 30.7 Å². The standard InChI is InChI=1S/C24H24FN9O2/c25-20-14-29-24(31-22(20)34-7-9-36-10-8-34)33-32-23(35)21-6-5-19(13-28-21)30-18-3-1-16(2-4-18)17-11-26-15-27-12-17/h1-6,11-13,15,20,30H,7-10,14H2,(H,29,33)(H,32,35). The number of anilines is 2. The van der Waals surface area contributed by atoms with E-state index in [1.165, 1.54) is 6.33 Å². The van der Waals surface area contributed by atoms with Crippen LogP contribution in [0.25, 0.3) is 11.1 Å². The maximum atomic E-state index is 14.3. The topological polar surface area (TPSA) is 129 Å². The number of pyridine rings is 1. The number of ether oxygens (including phenoxy) is 1. The molecule has 2 aromatic heterocycles. The Labute approximate surface area is 206 Å². The van der Waals surface area contributed by atoms with Gasteiger partial charge in [0.2, 0.25) is 5.96 Å². The Kier molecular flexibility index (Phi) is 7.03. The molecule has 2 aliphatic heterocycles. The number of aromatic nitrogens is 3. The van der Waals surface area contributed by atoms with Crippen molar-refractivity contribution in [2.45, 2.75) is 6.17 Å². The lowest BCUT2D eigenvalue weighted by atomic mass is 10.1. The minimum Gasteiger partial charge on any atom is -0.378 e. The van der Waals surface area contributed by atoms with Crippen LogP contribution >= 0.6 is 0 Å². The fourth-order valence-electron chi connectivity index (χ4n) is 3.73. The van der Waals surface area contributed by atoms with Gasteiger partial charge in [-0.3, -0.25) is 15.6 Å². The number of morpholine rings is 1. The molecule has 1 unspecified atom stereocenters. The molecule has 1 fully saturated rings. The van der Waals surface area contributed by atoms with Crippen LogP contribution in [0.2, 0.25) is 0 Å². The third kappa shape index (κ3) is 5.61. The number of hydrogen-bond acceptors (Lipinski definition) is 10. The van der Waals surface area contributed by atoms with E-state index in [0.29, 0.717) is 32.1 Å². The number of hydrazine groups is 1. The molecular formula is C24H24FN9O2. The van der Waals surface area contributed by atoms with Gasteiger partial charge >= 0.3 is 0 Å². The van der Waals surface area contributed by atoms with Crippen LogP contribution in [0.3, 0.4) is 0 Å². The number of amidine groups is 1. The fraction of sp³-hybridized carbons (Fsp3) is 0.250. The quantitative estimate of drug-likeness (QED) is 0.475. The zero-order chi connectivity index (χ0) is 24.7. The van der Waals surface area contributed by atoms with Crippen molar-refractivity contribution in [2.24, 2.45) is 9.98 Å². The summed E-state index contributed by atoms with van der Waals surface area (Å²) in [4.78, 5) is 34.9. The molecule has 3 aromatic rings. The van der Waals surface area contributed by atoms with Crippen LogP contribution in [0.4, 0.5) is 15.8 Å². The number of nitrogens with zero attached hydrogens (tertiary/aromatic N) is 6. The van der Waals surface area contributed by atoms with Crippen molar-refractivity contribution < 1.29 is 13.9 Å². The maximum Gasteiger partial charge on any atom is 0.288 e.